The number of furan rings is 1. The SMILES string of the molecule is CC[C@@H]1C(c2ccc(-c3ccccc3)cc2)=NC(c2cc(-n3c4ccccc4c4cc5ccccc5cc43)cc3oc4ccccc4c23)CCC1c1ccc2c3ccccc3n(-c3ccccc3)c2c1. The Balaban J connectivity index is 0.989. The molecule has 4 heterocycles. The Morgan fingerprint density at radius 3 is 1.79 bits per heavy atom. The number of para-hydroxylation sites is 4. The summed E-state index contributed by atoms with van der Waals surface area (Å²) in [5.41, 5.74) is 16.2. The minimum absolute atomic E-state index is 0.139. The molecule has 3 aromatic heterocycles. The van der Waals surface area contributed by atoms with Crippen molar-refractivity contribution in [3.05, 3.63) is 241 Å². The van der Waals surface area contributed by atoms with E-state index in [0.29, 0.717) is 0 Å². The molecule has 2 unspecified atom stereocenters. The first kappa shape index (κ1) is 40.6. The summed E-state index contributed by atoms with van der Waals surface area (Å²) in [6.07, 6.45) is 2.80. The van der Waals surface area contributed by atoms with Gasteiger partial charge in [0.1, 0.15) is 11.2 Å². The van der Waals surface area contributed by atoms with Crippen LogP contribution in [0.5, 0.6) is 0 Å². The van der Waals surface area contributed by atoms with Crippen molar-refractivity contribution in [2.45, 2.75) is 38.1 Å². The largest absolute Gasteiger partial charge is 0.456 e. The van der Waals surface area contributed by atoms with Gasteiger partial charge in [0.2, 0.25) is 0 Å². The van der Waals surface area contributed by atoms with Gasteiger partial charge in [-0.1, -0.05) is 171 Å². The van der Waals surface area contributed by atoms with Crippen LogP contribution in [0.4, 0.5) is 0 Å². The number of aromatic nitrogens is 2. The Bertz CT molecular complexity index is 4170. The van der Waals surface area contributed by atoms with Crippen LogP contribution in [0.15, 0.2) is 234 Å². The van der Waals surface area contributed by atoms with Crippen LogP contribution in [-0.2, 0) is 0 Å². The topological polar surface area (TPSA) is 35.4 Å². The first-order valence-corrected chi connectivity index (χ1v) is 24.9. The van der Waals surface area contributed by atoms with Gasteiger partial charge in [-0.2, -0.15) is 0 Å². The van der Waals surface area contributed by atoms with E-state index in [2.05, 4.69) is 241 Å². The van der Waals surface area contributed by atoms with Gasteiger partial charge >= 0.3 is 0 Å². The molecule has 1 aliphatic heterocycles. The fourth-order valence-corrected chi connectivity index (χ4v) is 12.2. The van der Waals surface area contributed by atoms with Crippen LogP contribution in [-0.4, -0.2) is 14.8 Å². The van der Waals surface area contributed by atoms with Crippen molar-refractivity contribution in [2.24, 2.45) is 10.9 Å². The summed E-state index contributed by atoms with van der Waals surface area (Å²) >= 11 is 0. The minimum atomic E-state index is -0.139. The predicted octanol–water partition coefficient (Wildman–Crippen LogP) is 17.7. The summed E-state index contributed by atoms with van der Waals surface area (Å²) in [5.74, 6) is 0.393. The van der Waals surface area contributed by atoms with Crippen molar-refractivity contribution in [1.29, 1.82) is 0 Å². The van der Waals surface area contributed by atoms with Crippen LogP contribution in [0.3, 0.4) is 0 Å². The minimum Gasteiger partial charge on any atom is -0.456 e. The third kappa shape index (κ3) is 6.47. The maximum absolute atomic E-state index is 6.90. The highest BCUT2D eigenvalue weighted by Gasteiger charge is 2.34. The molecule has 14 rings (SSSR count). The predicted molar refractivity (Wildman–Crippen MR) is 293 cm³/mol. The molecule has 0 radical (unpaired) electrons. The van der Waals surface area contributed by atoms with E-state index >= 15 is 0 Å². The van der Waals surface area contributed by atoms with E-state index in [4.69, 9.17) is 9.41 Å². The molecule has 0 amide bonds. The molecule has 0 bridgehead atoms. The van der Waals surface area contributed by atoms with Crippen molar-refractivity contribution in [1.82, 2.24) is 9.13 Å². The molecule has 13 aromatic rings. The molecule has 0 aliphatic carbocycles. The monoisotopic (exact) mass is 899 g/mol. The highest BCUT2D eigenvalue weighted by atomic mass is 16.3. The molecule has 0 spiro atoms. The van der Waals surface area contributed by atoms with Gasteiger partial charge in [-0.05, 0) is 118 Å². The third-order valence-corrected chi connectivity index (χ3v) is 15.4. The molecule has 4 nitrogen and oxygen atoms in total. The van der Waals surface area contributed by atoms with Gasteiger partial charge in [0.05, 0.1) is 33.8 Å². The van der Waals surface area contributed by atoms with Gasteiger partial charge < -0.3 is 13.6 Å². The highest BCUT2D eigenvalue weighted by molar-refractivity contribution is 6.15. The highest BCUT2D eigenvalue weighted by Crippen LogP contribution is 2.47. The number of fused-ring (bicyclic) bond motifs is 10. The third-order valence-electron chi connectivity index (χ3n) is 15.4. The van der Waals surface area contributed by atoms with Gasteiger partial charge in [0, 0.05) is 55.7 Å². The quantitative estimate of drug-likeness (QED) is 0.157. The van der Waals surface area contributed by atoms with E-state index in [1.54, 1.807) is 0 Å². The van der Waals surface area contributed by atoms with Crippen LogP contribution in [0.2, 0.25) is 0 Å². The zero-order chi connectivity index (χ0) is 46.3. The second kappa shape index (κ2) is 16.4. The molecule has 0 saturated heterocycles. The van der Waals surface area contributed by atoms with E-state index in [0.717, 1.165) is 46.9 Å². The molecule has 70 heavy (non-hydrogen) atoms. The summed E-state index contributed by atoms with van der Waals surface area (Å²) in [7, 11) is 0. The lowest BCUT2D eigenvalue weighted by molar-refractivity contribution is 0.476. The second-order valence-electron chi connectivity index (χ2n) is 19.2. The molecule has 1 aliphatic rings. The molecular weight excluding hydrogens is 851 g/mol. The van der Waals surface area contributed by atoms with E-state index in [1.165, 1.54) is 93.6 Å². The zero-order valence-electron chi connectivity index (χ0n) is 39.0. The molecule has 10 aromatic carbocycles. The number of hydrogen-bond donors (Lipinski definition) is 0. The Morgan fingerprint density at radius 1 is 0.443 bits per heavy atom. The average Bonchev–Trinajstić information content (AvgIpc) is 4.02. The number of hydrogen-bond acceptors (Lipinski definition) is 2. The van der Waals surface area contributed by atoms with Gasteiger partial charge in [-0.3, -0.25) is 4.99 Å². The van der Waals surface area contributed by atoms with Crippen LogP contribution >= 0.6 is 0 Å². The summed E-state index contributed by atoms with van der Waals surface area (Å²) in [6.45, 7) is 2.36. The molecule has 0 fully saturated rings. The van der Waals surface area contributed by atoms with Crippen LogP contribution in [0.1, 0.15) is 54.8 Å². The van der Waals surface area contributed by atoms with Crippen molar-refractivity contribution < 1.29 is 4.42 Å². The Labute approximate surface area is 406 Å². The summed E-state index contributed by atoms with van der Waals surface area (Å²) in [5, 5.41) is 9.77. The van der Waals surface area contributed by atoms with E-state index in [-0.39, 0.29) is 17.9 Å². The Kier molecular flexibility index (Phi) is 9.48. The van der Waals surface area contributed by atoms with Gasteiger partial charge in [0.15, 0.2) is 0 Å². The van der Waals surface area contributed by atoms with Crippen LogP contribution in [0, 0.1) is 5.92 Å². The van der Waals surface area contributed by atoms with Crippen molar-refractivity contribution >= 4 is 82.0 Å². The van der Waals surface area contributed by atoms with Crippen molar-refractivity contribution in [3.8, 4) is 22.5 Å². The normalized spacial score (nSPS) is 16.5. The Morgan fingerprint density at radius 2 is 1.03 bits per heavy atom. The Hall–Kier alpha value is -8.47. The summed E-state index contributed by atoms with van der Waals surface area (Å²) in [4.78, 5) is 6.09. The smallest absolute Gasteiger partial charge is 0.137 e. The van der Waals surface area contributed by atoms with E-state index in [1.807, 2.05) is 0 Å². The molecule has 3 atom stereocenters. The van der Waals surface area contributed by atoms with Gasteiger partial charge in [-0.15, -0.1) is 0 Å². The molecular formula is C66H49N3O. The molecule has 334 valence electrons. The second-order valence-corrected chi connectivity index (χ2v) is 19.2. The maximum atomic E-state index is 6.90. The number of nitrogens with zero attached hydrogens (tertiary/aromatic N) is 3. The fourth-order valence-electron chi connectivity index (χ4n) is 12.2. The summed E-state index contributed by atoms with van der Waals surface area (Å²) < 4.78 is 11.8. The van der Waals surface area contributed by atoms with Crippen molar-refractivity contribution in [3.63, 3.8) is 0 Å². The fraction of sp³-hybridized carbons (Fsp3) is 0.106. The zero-order valence-corrected chi connectivity index (χ0v) is 39.0. The summed E-state index contributed by atoms with van der Waals surface area (Å²) in [6, 6.07) is 82.3. The van der Waals surface area contributed by atoms with Crippen LogP contribution in [0.25, 0.3) is 98.8 Å². The maximum Gasteiger partial charge on any atom is 0.137 e. The van der Waals surface area contributed by atoms with E-state index in [9.17, 15) is 0 Å². The average molecular weight is 900 g/mol. The number of aliphatic imine (C=N–C) groups is 1. The number of benzene rings is 10. The van der Waals surface area contributed by atoms with E-state index < -0.39 is 0 Å². The van der Waals surface area contributed by atoms with Gasteiger partial charge in [0.25, 0.3) is 0 Å². The van der Waals surface area contributed by atoms with Crippen molar-refractivity contribution in [2.75, 3.05) is 0 Å². The molecule has 0 saturated carbocycles. The first-order chi connectivity index (χ1) is 34.7. The van der Waals surface area contributed by atoms with Crippen LogP contribution < -0.4 is 0 Å². The lowest BCUT2D eigenvalue weighted by Crippen LogP contribution is -2.22. The standard InChI is InChI=1S/C66H49N3O/c1-2-50-51(47-33-34-54-52-23-11-14-26-59(52)68(61(54)39-47)48-21-7-4-8-22-48)35-36-58(67-66(50)44-31-29-43(30-32-44)42-17-5-3-6-18-42)57-40-49(41-64-65(57)55-25-13-16-28-63(55)70-64)69-60-27-15-12-24-53(60)56-37-45-19-9-10-20-46(45)38-62(56)69/h3-34,37-41,50-51,58H,2,35-36H2,1H3/t50-,51?,58?/m0/s1. The lowest BCUT2D eigenvalue weighted by atomic mass is 9.77. The van der Waals surface area contributed by atoms with Gasteiger partial charge in [-0.25, -0.2) is 0 Å². The molecule has 4 heteroatoms. The first-order valence-electron chi connectivity index (χ1n) is 24.9. The number of rotatable bonds is 7. The lowest BCUT2D eigenvalue weighted by Gasteiger charge is -2.27. The molecule has 0 N–H and O–H groups in total.